The van der Waals surface area contributed by atoms with E-state index in [0.29, 0.717) is 5.01 Å². The van der Waals surface area contributed by atoms with Gasteiger partial charge in [-0.15, -0.1) is 22.7 Å². The molecular weight excluding hydrogens is 306 g/mol. The molecule has 106 valence electrons. The molecule has 3 heterocycles. The fraction of sp³-hybridized carbons (Fsp3) is 0.0769. The highest BCUT2D eigenvalue weighted by atomic mass is 32.1. The fourth-order valence-corrected chi connectivity index (χ4v) is 3.41. The third-order valence-electron chi connectivity index (χ3n) is 2.66. The van der Waals surface area contributed by atoms with E-state index in [1.54, 1.807) is 12.4 Å². The van der Waals surface area contributed by atoms with Crippen LogP contribution in [-0.2, 0) is 0 Å². The molecular formula is C13H11N5OS2. The molecule has 0 atom stereocenters. The summed E-state index contributed by atoms with van der Waals surface area (Å²) in [5.41, 5.74) is 7.67. The zero-order chi connectivity index (χ0) is 14.8. The van der Waals surface area contributed by atoms with Crippen molar-refractivity contribution < 1.29 is 4.79 Å². The molecule has 3 aromatic rings. The summed E-state index contributed by atoms with van der Waals surface area (Å²) in [5.74, 6) is -0.515. The highest BCUT2D eigenvalue weighted by Gasteiger charge is 2.15. The average molecular weight is 317 g/mol. The summed E-state index contributed by atoms with van der Waals surface area (Å²) in [4.78, 5) is 24.7. The molecule has 0 saturated carbocycles. The van der Waals surface area contributed by atoms with Crippen molar-refractivity contribution in [3.8, 4) is 10.6 Å². The van der Waals surface area contributed by atoms with Crippen LogP contribution in [0, 0.1) is 6.92 Å². The van der Waals surface area contributed by atoms with Crippen LogP contribution in [0.5, 0.6) is 0 Å². The minimum atomic E-state index is -0.515. The van der Waals surface area contributed by atoms with Gasteiger partial charge in [-0.3, -0.25) is 9.78 Å². The van der Waals surface area contributed by atoms with Crippen LogP contribution in [0.3, 0.4) is 0 Å². The summed E-state index contributed by atoms with van der Waals surface area (Å²) in [6.07, 6.45) is 3.44. The molecule has 0 radical (unpaired) electrons. The molecule has 0 aliphatic rings. The first-order valence-electron chi connectivity index (χ1n) is 6.03. The summed E-state index contributed by atoms with van der Waals surface area (Å²) in [6, 6.07) is 3.76. The van der Waals surface area contributed by atoms with Crippen molar-refractivity contribution >= 4 is 39.4 Å². The molecule has 0 aliphatic carbocycles. The smallest absolute Gasteiger partial charge is 0.277 e. The number of nitrogens with two attached hydrogens (primary N) is 1. The van der Waals surface area contributed by atoms with Crippen LogP contribution in [0.2, 0.25) is 0 Å². The largest absolute Gasteiger partial charge is 0.364 e. The van der Waals surface area contributed by atoms with Crippen LogP contribution in [0.15, 0.2) is 29.9 Å². The number of carbonyl (C=O) groups is 1. The fourth-order valence-electron chi connectivity index (χ4n) is 1.74. The number of thiazole rings is 2. The minimum Gasteiger partial charge on any atom is -0.364 e. The van der Waals surface area contributed by atoms with Gasteiger partial charge < -0.3 is 11.1 Å². The predicted octanol–water partition coefficient (Wildman–Crippen LogP) is 2.81. The number of primary amides is 1. The summed E-state index contributed by atoms with van der Waals surface area (Å²) in [7, 11) is 0. The minimum absolute atomic E-state index is 0.303. The first kappa shape index (κ1) is 13.7. The van der Waals surface area contributed by atoms with E-state index < -0.39 is 5.91 Å². The Morgan fingerprint density at radius 2 is 2.24 bits per heavy atom. The molecule has 1 amide bonds. The van der Waals surface area contributed by atoms with Gasteiger partial charge in [0.15, 0.2) is 10.1 Å². The molecule has 0 spiro atoms. The Kier molecular flexibility index (Phi) is 3.63. The number of carbonyl (C=O) groups excluding carboxylic acids is 1. The number of rotatable bonds is 4. The molecule has 6 nitrogen and oxygen atoms in total. The molecule has 3 N–H and O–H groups in total. The van der Waals surface area contributed by atoms with Gasteiger partial charge in [0.05, 0.1) is 28.1 Å². The van der Waals surface area contributed by atoms with Gasteiger partial charge in [0.1, 0.15) is 0 Å². The quantitative estimate of drug-likeness (QED) is 0.771. The lowest BCUT2D eigenvalue weighted by molar-refractivity contribution is 0.1000. The van der Waals surface area contributed by atoms with E-state index in [4.69, 9.17) is 5.73 Å². The number of hydrogen-bond acceptors (Lipinski definition) is 7. The van der Waals surface area contributed by atoms with E-state index in [-0.39, 0.29) is 0 Å². The zero-order valence-corrected chi connectivity index (χ0v) is 12.7. The standard InChI is InChI=1S/C13H11N5OS2/c1-7-10(21-12(16-7)11(14)19)9-6-20-13(18-9)17-8-3-2-4-15-5-8/h2-6H,1H3,(H2,14,19)(H,17,18). The number of hydrogen-bond donors (Lipinski definition) is 2. The van der Waals surface area contributed by atoms with Crippen molar-refractivity contribution in [2.45, 2.75) is 6.92 Å². The van der Waals surface area contributed by atoms with Gasteiger partial charge in [0, 0.05) is 11.6 Å². The maximum atomic E-state index is 11.2. The second kappa shape index (κ2) is 5.58. The molecule has 0 saturated heterocycles. The summed E-state index contributed by atoms with van der Waals surface area (Å²) in [5, 5.41) is 6.16. The van der Waals surface area contributed by atoms with Crippen LogP contribution in [-0.4, -0.2) is 20.9 Å². The zero-order valence-electron chi connectivity index (χ0n) is 11.0. The number of anilines is 2. The number of nitrogens with one attached hydrogen (secondary N) is 1. The Labute approximate surface area is 128 Å². The third-order valence-corrected chi connectivity index (χ3v) is 4.61. The highest BCUT2D eigenvalue weighted by molar-refractivity contribution is 7.18. The van der Waals surface area contributed by atoms with E-state index in [1.165, 1.54) is 22.7 Å². The predicted molar refractivity (Wildman–Crippen MR) is 84.0 cm³/mol. The second-order valence-corrected chi connectivity index (χ2v) is 6.06. The maximum Gasteiger partial charge on any atom is 0.277 e. The topological polar surface area (TPSA) is 93.8 Å². The first-order chi connectivity index (χ1) is 10.1. The Morgan fingerprint density at radius 1 is 1.38 bits per heavy atom. The van der Waals surface area contributed by atoms with Crippen LogP contribution < -0.4 is 11.1 Å². The van der Waals surface area contributed by atoms with Gasteiger partial charge >= 0.3 is 0 Å². The Bertz CT molecular complexity index is 781. The lowest BCUT2D eigenvalue weighted by atomic mass is 10.3. The lowest BCUT2D eigenvalue weighted by Crippen LogP contribution is -2.10. The average Bonchev–Trinajstić information content (AvgIpc) is 3.06. The van der Waals surface area contributed by atoms with Gasteiger partial charge in [0.2, 0.25) is 0 Å². The van der Waals surface area contributed by atoms with Gasteiger partial charge in [-0.2, -0.15) is 0 Å². The van der Waals surface area contributed by atoms with Gasteiger partial charge in [-0.05, 0) is 19.1 Å². The van der Waals surface area contributed by atoms with Crippen molar-refractivity contribution in [2.24, 2.45) is 5.73 Å². The monoisotopic (exact) mass is 317 g/mol. The lowest BCUT2D eigenvalue weighted by Gasteiger charge is -1.99. The summed E-state index contributed by atoms with van der Waals surface area (Å²) in [6.45, 7) is 1.84. The molecule has 21 heavy (non-hydrogen) atoms. The van der Waals surface area contributed by atoms with Crippen molar-refractivity contribution in [1.82, 2.24) is 15.0 Å². The van der Waals surface area contributed by atoms with Gasteiger partial charge in [-0.1, -0.05) is 0 Å². The number of pyridine rings is 1. The molecule has 3 aromatic heterocycles. The molecule has 0 aliphatic heterocycles. The van der Waals surface area contributed by atoms with Crippen LogP contribution in [0.4, 0.5) is 10.8 Å². The van der Waals surface area contributed by atoms with Crippen LogP contribution >= 0.6 is 22.7 Å². The molecule has 0 bridgehead atoms. The number of nitrogens with zero attached hydrogens (tertiary/aromatic N) is 3. The second-order valence-electron chi connectivity index (χ2n) is 4.20. The molecule has 0 unspecified atom stereocenters. The van der Waals surface area contributed by atoms with E-state index in [1.807, 2.05) is 24.4 Å². The van der Waals surface area contributed by atoms with Crippen molar-refractivity contribution in [3.63, 3.8) is 0 Å². The van der Waals surface area contributed by atoms with Gasteiger partial charge in [-0.25, -0.2) is 9.97 Å². The SMILES string of the molecule is Cc1nc(C(N)=O)sc1-c1csc(Nc2cccnc2)n1. The van der Waals surface area contributed by atoms with Crippen LogP contribution in [0.1, 0.15) is 15.5 Å². The summed E-state index contributed by atoms with van der Waals surface area (Å²) >= 11 is 2.74. The van der Waals surface area contributed by atoms with Crippen molar-refractivity contribution in [3.05, 3.63) is 40.6 Å². The number of aromatic nitrogens is 3. The molecule has 0 aromatic carbocycles. The molecule has 3 rings (SSSR count). The normalized spacial score (nSPS) is 10.5. The van der Waals surface area contributed by atoms with E-state index in [9.17, 15) is 4.79 Å². The number of aryl methyl sites for hydroxylation is 1. The van der Waals surface area contributed by atoms with Crippen molar-refractivity contribution in [2.75, 3.05) is 5.32 Å². The molecule has 0 fully saturated rings. The summed E-state index contributed by atoms with van der Waals surface area (Å²) < 4.78 is 0. The Balaban J connectivity index is 1.86. The van der Waals surface area contributed by atoms with Gasteiger partial charge in [0.25, 0.3) is 5.91 Å². The highest BCUT2D eigenvalue weighted by Crippen LogP contribution is 2.33. The van der Waals surface area contributed by atoms with E-state index in [0.717, 1.165) is 27.1 Å². The van der Waals surface area contributed by atoms with E-state index in [2.05, 4.69) is 20.3 Å². The third kappa shape index (κ3) is 2.91. The molecule has 8 heteroatoms. The van der Waals surface area contributed by atoms with E-state index >= 15 is 0 Å². The van der Waals surface area contributed by atoms with Crippen molar-refractivity contribution in [1.29, 1.82) is 0 Å². The Morgan fingerprint density at radius 3 is 2.90 bits per heavy atom. The Hall–Kier alpha value is -2.32. The first-order valence-corrected chi connectivity index (χ1v) is 7.73. The maximum absolute atomic E-state index is 11.2. The number of amides is 1. The van der Waals surface area contributed by atoms with Crippen LogP contribution in [0.25, 0.3) is 10.6 Å².